The molecule has 1 amide bonds. The summed E-state index contributed by atoms with van der Waals surface area (Å²) in [7, 11) is -3.94. The van der Waals surface area contributed by atoms with Crippen molar-refractivity contribution in [1.82, 2.24) is 9.88 Å². The lowest BCUT2D eigenvalue weighted by atomic mass is 10.2. The van der Waals surface area contributed by atoms with E-state index in [-0.39, 0.29) is 27.6 Å². The van der Waals surface area contributed by atoms with Crippen molar-refractivity contribution in [2.45, 2.75) is 16.8 Å². The fraction of sp³-hybridized carbons (Fsp3) is 0.200. The van der Waals surface area contributed by atoms with Gasteiger partial charge in [0.15, 0.2) is 0 Å². The molecule has 1 aliphatic heterocycles. The Morgan fingerprint density at radius 3 is 2.31 bits per heavy atom. The molecule has 4 aromatic rings. The number of carbonyl (C=O) groups excluding carboxylic acids is 1. The molecule has 0 atom stereocenters. The van der Waals surface area contributed by atoms with E-state index in [9.17, 15) is 17.6 Å². The maximum atomic E-state index is 13.5. The Balaban J connectivity index is 1.44. The zero-order valence-corrected chi connectivity index (χ0v) is 20.5. The molecule has 0 unspecified atom stereocenters. The Morgan fingerprint density at radius 2 is 1.69 bits per heavy atom. The van der Waals surface area contributed by atoms with E-state index < -0.39 is 15.7 Å². The van der Waals surface area contributed by atoms with Gasteiger partial charge in [-0.15, -0.1) is 11.3 Å². The van der Waals surface area contributed by atoms with Gasteiger partial charge in [0.1, 0.15) is 5.82 Å². The maximum Gasteiger partial charge on any atom is 0.253 e. The summed E-state index contributed by atoms with van der Waals surface area (Å²) in [6, 6.07) is 15.7. The number of nitrogens with zero attached hydrogens (tertiary/aromatic N) is 3. The van der Waals surface area contributed by atoms with Gasteiger partial charge in [0.05, 0.1) is 9.77 Å². The molecule has 2 aromatic carbocycles. The molecule has 180 valence electrons. The minimum absolute atomic E-state index is 0.136. The molecular weight excluding hydrogens is 489 g/mol. The van der Waals surface area contributed by atoms with Gasteiger partial charge in [-0.05, 0) is 54.8 Å². The average Bonchev–Trinajstić information content (AvgIpc) is 3.55. The number of hydrogen-bond acceptors (Lipinski definition) is 7. The molecule has 0 spiro atoms. The third kappa shape index (κ3) is 4.59. The van der Waals surface area contributed by atoms with Gasteiger partial charge in [-0.3, -0.25) is 4.79 Å². The van der Waals surface area contributed by atoms with Crippen LogP contribution in [-0.4, -0.2) is 50.4 Å². The number of anilines is 1. The number of aromatic nitrogens is 1. The summed E-state index contributed by atoms with van der Waals surface area (Å²) in [4.78, 5) is 21.5. The van der Waals surface area contributed by atoms with E-state index in [1.807, 2.05) is 24.4 Å². The molecule has 1 saturated heterocycles. The molecule has 2 aromatic heterocycles. The second kappa shape index (κ2) is 9.27. The zero-order valence-electron chi connectivity index (χ0n) is 18.8. The highest BCUT2D eigenvalue weighted by Crippen LogP contribution is 2.36. The Bertz CT molecular complexity index is 1440. The molecule has 1 fully saturated rings. The third-order valence-electron chi connectivity index (χ3n) is 5.84. The minimum Gasteiger partial charge on any atom is -0.418 e. The molecule has 1 aliphatic rings. The largest absolute Gasteiger partial charge is 0.418 e. The van der Waals surface area contributed by atoms with E-state index in [1.54, 1.807) is 34.1 Å². The van der Waals surface area contributed by atoms with Crippen molar-refractivity contribution < 1.29 is 22.0 Å². The normalized spacial score (nSPS) is 14.3. The highest BCUT2D eigenvalue weighted by molar-refractivity contribution is 7.91. The number of halogens is 1. The molecule has 0 bridgehead atoms. The second-order valence-corrected chi connectivity index (χ2v) is 11.0. The SMILES string of the molecule is Cc1ccc(S(=O)(=O)c2nc(-c3cccs3)oc2N2CCN(C(=O)c3ccc(F)cc3)CC2)cc1. The molecule has 10 heteroatoms. The van der Waals surface area contributed by atoms with Crippen LogP contribution in [0.25, 0.3) is 10.8 Å². The first kappa shape index (κ1) is 23.3. The molecule has 0 N–H and O–H groups in total. The van der Waals surface area contributed by atoms with Crippen LogP contribution in [0.5, 0.6) is 0 Å². The summed E-state index contributed by atoms with van der Waals surface area (Å²) < 4.78 is 46.3. The summed E-state index contributed by atoms with van der Waals surface area (Å²) >= 11 is 1.41. The maximum absolute atomic E-state index is 13.5. The molecule has 0 aliphatic carbocycles. The van der Waals surface area contributed by atoms with E-state index in [4.69, 9.17) is 4.42 Å². The molecule has 0 radical (unpaired) electrons. The number of amides is 1. The fourth-order valence-corrected chi connectivity index (χ4v) is 5.87. The number of oxazole rings is 1. The quantitative estimate of drug-likeness (QED) is 0.388. The van der Waals surface area contributed by atoms with E-state index in [1.165, 1.54) is 35.6 Å². The van der Waals surface area contributed by atoms with Crippen molar-refractivity contribution in [3.63, 3.8) is 0 Å². The standard InChI is InChI=1S/C25H22FN3O4S2/c1-17-4-10-20(11-5-17)35(31,32)23-25(33-22(27-23)21-3-2-16-34-21)29-14-12-28(13-15-29)24(30)18-6-8-19(26)9-7-18/h2-11,16H,12-15H2,1H3. The van der Waals surface area contributed by atoms with Crippen molar-refractivity contribution in [3.8, 4) is 10.8 Å². The van der Waals surface area contributed by atoms with Gasteiger partial charge in [-0.2, -0.15) is 4.98 Å². The number of aryl methyl sites for hydroxylation is 1. The van der Waals surface area contributed by atoms with E-state index in [0.29, 0.717) is 31.7 Å². The molecule has 5 rings (SSSR count). The van der Waals surface area contributed by atoms with Crippen LogP contribution in [0.2, 0.25) is 0 Å². The zero-order chi connectivity index (χ0) is 24.6. The number of rotatable bonds is 5. The average molecular weight is 512 g/mol. The highest BCUT2D eigenvalue weighted by Gasteiger charge is 2.33. The van der Waals surface area contributed by atoms with Crippen molar-refractivity contribution in [2.24, 2.45) is 0 Å². The number of benzene rings is 2. The lowest BCUT2D eigenvalue weighted by Gasteiger charge is -2.34. The fourth-order valence-electron chi connectivity index (χ4n) is 3.90. The Labute approximate surface area is 206 Å². The third-order valence-corrected chi connectivity index (χ3v) is 8.37. The summed E-state index contributed by atoms with van der Waals surface area (Å²) in [5.74, 6) is -0.192. The first-order valence-corrected chi connectivity index (χ1v) is 13.4. The van der Waals surface area contributed by atoms with Gasteiger partial charge >= 0.3 is 0 Å². The Morgan fingerprint density at radius 1 is 1.00 bits per heavy atom. The predicted octanol–water partition coefficient (Wildman–Crippen LogP) is 4.65. The van der Waals surface area contributed by atoms with E-state index in [0.717, 1.165) is 10.4 Å². The molecule has 35 heavy (non-hydrogen) atoms. The van der Waals surface area contributed by atoms with Crippen LogP contribution in [-0.2, 0) is 9.84 Å². The van der Waals surface area contributed by atoms with Crippen LogP contribution >= 0.6 is 11.3 Å². The minimum atomic E-state index is -3.94. The van der Waals surface area contributed by atoms with Gasteiger partial charge in [0.2, 0.25) is 26.6 Å². The summed E-state index contributed by atoms with van der Waals surface area (Å²) in [5.41, 5.74) is 1.35. The van der Waals surface area contributed by atoms with Crippen LogP contribution in [0.3, 0.4) is 0 Å². The summed E-state index contributed by atoms with van der Waals surface area (Å²) in [5, 5.41) is 1.73. The van der Waals surface area contributed by atoms with Crippen molar-refractivity contribution in [1.29, 1.82) is 0 Å². The second-order valence-electron chi connectivity index (χ2n) is 8.21. The van der Waals surface area contributed by atoms with Gasteiger partial charge in [0, 0.05) is 31.7 Å². The topological polar surface area (TPSA) is 83.7 Å². The van der Waals surface area contributed by atoms with E-state index >= 15 is 0 Å². The number of thiophene rings is 1. The van der Waals surface area contributed by atoms with Crippen LogP contribution < -0.4 is 4.90 Å². The van der Waals surface area contributed by atoms with Crippen LogP contribution in [0.15, 0.2) is 80.4 Å². The van der Waals surface area contributed by atoms with Crippen molar-refractivity contribution in [3.05, 3.63) is 83.0 Å². The van der Waals surface area contributed by atoms with Gasteiger partial charge in [-0.25, -0.2) is 12.8 Å². The first-order chi connectivity index (χ1) is 16.8. The highest BCUT2D eigenvalue weighted by atomic mass is 32.2. The van der Waals surface area contributed by atoms with Crippen LogP contribution in [0, 0.1) is 12.7 Å². The number of piperazine rings is 1. The van der Waals surface area contributed by atoms with Crippen LogP contribution in [0.1, 0.15) is 15.9 Å². The van der Waals surface area contributed by atoms with Crippen LogP contribution in [0.4, 0.5) is 10.3 Å². The molecule has 3 heterocycles. The van der Waals surface area contributed by atoms with Gasteiger partial charge in [-0.1, -0.05) is 23.8 Å². The van der Waals surface area contributed by atoms with Crippen molar-refractivity contribution in [2.75, 3.05) is 31.1 Å². The summed E-state index contributed by atoms with van der Waals surface area (Å²) in [6.07, 6.45) is 0. The van der Waals surface area contributed by atoms with Gasteiger partial charge in [0.25, 0.3) is 5.91 Å². The predicted molar refractivity (Wildman–Crippen MR) is 131 cm³/mol. The van der Waals surface area contributed by atoms with Gasteiger partial charge < -0.3 is 14.2 Å². The number of sulfone groups is 1. The molecule has 0 saturated carbocycles. The lowest BCUT2D eigenvalue weighted by Crippen LogP contribution is -2.49. The lowest BCUT2D eigenvalue weighted by molar-refractivity contribution is 0.0745. The molecule has 7 nitrogen and oxygen atoms in total. The monoisotopic (exact) mass is 511 g/mol. The smallest absolute Gasteiger partial charge is 0.253 e. The number of hydrogen-bond donors (Lipinski definition) is 0. The number of carbonyl (C=O) groups is 1. The Hall–Kier alpha value is -3.50. The van der Waals surface area contributed by atoms with E-state index in [2.05, 4.69) is 4.98 Å². The summed E-state index contributed by atoms with van der Waals surface area (Å²) in [6.45, 7) is 3.33. The molecular formula is C25H22FN3O4S2. The first-order valence-electron chi connectivity index (χ1n) is 11.0. The Kier molecular flexibility index (Phi) is 6.16. The van der Waals surface area contributed by atoms with Crippen molar-refractivity contribution >= 4 is 33.0 Å².